The van der Waals surface area contributed by atoms with E-state index in [0.717, 1.165) is 17.8 Å². The molecule has 222 valence electrons. The number of aliphatic hydroxyl groups excluding tert-OH is 2. The van der Waals surface area contributed by atoms with Crippen molar-refractivity contribution in [1.82, 2.24) is 4.90 Å². The van der Waals surface area contributed by atoms with Crippen molar-refractivity contribution in [3.63, 3.8) is 0 Å². The van der Waals surface area contributed by atoms with Crippen LogP contribution in [0.1, 0.15) is 72.9 Å². The van der Waals surface area contributed by atoms with E-state index in [-0.39, 0.29) is 36.1 Å². The predicted molar refractivity (Wildman–Crippen MR) is 153 cm³/mol. The van der Waals surface area contributed by atoms with Crippen LogP contribution >= 0.6 is 0 Å². The predicted octanol–water partition coefficient (Wildman–Crippen LogP) is 3.05. The van der Waals surface area contributed by atoms with Crippen molar-refractivity contribution in [2.24, 2.45) is 23.5 Å². The molecular formula is C31H41N3O7. The molecule has 10 heteroatoms. The lowest BCUT2D eigenvalue weighted by Crippen LogP contribution is -2.57. The summed E-state index contributed by atoms with van der Waals surface area (Å²) >= 11 is 0. The van der Waals surface area contributed by atoms with Crippen molar-refractivity contribution in [3.8, 4) is 5.75 Å². The summed E-state index contributed by atoms with van der Waals surface area (Å²) < 4.78 is 0. The Morgan fingerprint density at radius 3 is 2.32 bits per heavy atom. The number of anilines is 1. The Hall–Kier alpha value is -3.37. The zero-order valence-corrected chi connectivity index (χ0v) is 24.1. The third-order valence-electron chi connectivity index (χ3n) is 9.55. The van der Waals surface area contributed by atoms with E-state index >= 15 is 0 Å². The minimum Gasteiger partial charge on any atom is -0.511 e. The zero-order valence-electron chi connectivity index (χ0n) is 24.1. The van der Waals surface area contributed by atoms with Crippen LogP contribution in [0.25, 0.3) is 0 Å². The van der Waals surface area contributed by atoms with E-state index in [2.05, 4.69) is 11.9 Å². The maximum absolute atomic E-state index is 13.9. The largest absolute Gasteiger partial charge is 0.511 e. The number of hydrogen-bond acceptors (Lipinski definition) is 9. The number of allylic oxidation sites excluding steroid dienone is 2. The van der Waals surface area contributed by atoms with Crippen LogP contribution in [-0.2, 0) is 22.6 Å². The number of aromatic hydroxyl groups is 1. The van der Waals surface area contributed by atoms with E-state index < -0.39 is 52.0 Å². The van der Waals surface area contributed by atoms with Crippen molar-refractivity contribution in [1.29, 1.82) is 0 Å². The lowest BCUT2D eigenvalue weighted by atomic mass is 9.60. The second-order valence-electron chi connectivity index (χ2n) is 12.6. The summed E-state index contributed by atoms with van der Waals surface area (Å²) in [6, 6.07) is 1.60. The molecule has 1 aromatic carbocycles. The average molecular weight is 568 g/mol. The van der Waals surface area contributed by atoms with Gasteiger partial charge in [0.25, 0.3) is 5.91 Å². The Balaban J connectivity index is 1.53. The molecule has 5 rings (SSSR count). The molecule has 0 bridgehead atoms. The number of phenols is 1. The minimum atomic E-state index is -2.56. The first-order valence-electron chi connectivity index (χ1n) is 14.6. The van der Waals surface area contributed by atoms with Crippen molar-refractivity contribution < 1.29 is 34.8 Å². The number of ketones is 2. The van der Waals surface area contributed by atoms with Gasteiger partial charge >= 0.3 is 0 Å². The number of nitrogens with two attached hydrogens (primary N) is 1. The van der Waals surface area contributed by atoms with E-state index in [4.69, 9.17) is 5.73 Å². The van der Waals surface area contributed by atoms with E-state index in [1.165, 1.54) is 38.5 Å². The van der Waals surface area contributed by atoms with Gasteiger partial charge in [0, 0.05) is 50.8 Å². The number of amides is 1. The average Bonchev–Trinajstić information content (AvgIpc) is 3.14. The van der Waals surface area contributed by atoms with Gasteiger partial charge in [0.2, 0.25) is 5.78 Å². The second kappa shape index (κ2) is 10.8. The standard InChI is InChI=1S/C31H41N3O7/c1-33(2)26-18(15-34(3)14-16-8-6-4-5-7-9-16)12-21(35)24-20(26)11-17-10-19-13-22(36)25(30(32)40)29(39)31(19,41)28(38)23(17)27(24)37/h12,16-17,19,35-36,38,41H,4-11,13-15H2,1-3H3,(H2,32,40)/t17?,19-,31-/m0/s1. The molecule has 6 N–H and O–H groups in total. The molecule has 0 aliphatic heterocycles. The normalized spacial score (nSPS) is 27.0. The van der Waals surface area contributed by atoms with E-state index in [1.807, 2.05) is 19.0 Å². The number of carbonyl (C=O) groups excluding carboxylic acids is 3. The molecule has 3 atom stereocenters. The van der Waals surface area contributed by atoms with Crippen LogP contribution in [0.4, 0.5) is 5.69 Å². The summed E-state index contributed by atoms with van der Waals surface area (Å²) in [5, 5.41) is 44.3. The number of benzene rings is 1. The molecule has 1 amide bonds. The highest BCUT2D eigenvalue weighted by atomic mass is 16.3. The molecule has 0 radical (unpaired) electrons. The molecule has 0 heterocycles. The van der Waals surface area contributed by atoms with Gasteiger partial charge < -0.3 is 36.0 Å². The van der Waals surface area contributed by atoms with Gasteiger partial charge in [-0.15, -0.1) is 0 Å². The number of rotatable bonds is 6. The fourth-order valence-corrected chi connectivity index (χ4v) is 7.76. The van der Waals surface area contributed by atoms with Crippen LogP contribution in [0.2, 0.25) is 0 Å². The molecule has 1 unspecified atom stereocenters. The highest BCUT2D eigenvalue weighted by Crippen LogP contribution is 2.52. The van der Waals surface area contributed by atoms with Crippen LogP contribution in [0, 0.1) is 17.8 Å². The van der Waals surface area contributed by atoms with Crippen molar-refractivity contribution in [3.05, 3.63) is 45.4 Å². The molecule has 4 aliphatic rings. The van der Waals surface area contributed by atoms with E-state index in [1.54, 1.807) is 6.07 Å². The number of phenolic OH excluding ortho intramolecular Hbond substituents is 1. The first-order valence-corrected chi connectivity index (χ1v) is 14.6. The number of carbonyl (C=O) groups is 3. The van der Waals surface area contributed by atoms with Gasteiger partial charge in [0.1, 0.15) is 22.8 Å². The highest BCUT2D eigenvalue weighted by Gasteiger charge is 2.59. The first-order chi connectivity index (χ1) is 19.4. The topological polar surface area (TPSA) is 165 Å². The highest BCUT2D eigenvalue weighted by molar-refractivity contribution is 6.24. The fourth-order valence-electron chi connectivity index (χ4n) is 7.76. The monoisotopic (exact) mass is 567 g/mol. The van der Waals surface area contributed by atoms with E-state index in [9.17, 15) is 34.8 Å². The quantitative estimate of drug-likeness (QED) is 0.257. The van der Waals surface area contributed by atoms with Crippen LogP contribution in [-0.4, -0.2) is 76.1 Å². The molecule has 1 aromatic rings. The molecule has 41 heavy (non-hydrogen) atoms. The number of hydrogen-bond donors (Lipinski definition) is 5. The van der Waals surface area contributed by atoms with Crippen molar-refractivity contribution in [2.75, 3.05) is 32.6 Å². The molecule has 0 spiro atoms. The van der Waals surface area contributed by atoms with Gasteiger partial charge in [0.15, 0.2) is 11.4 Å². The van der Waals surface area contributed by atoms with Crippen LogP contribution < -0.4 is 10.6 Å². The smallest absolute Gasteiger partial charge is 0.255 e. The molecule has 1 fully saturated rings. The van der Waals surface area contributed by atoms with Gasteiger partial charge in [-0.3, -0.25) is 14.4 Å². The summed E-state index contributed by atoms with van der Waals surface area (Å²) in [6.45, 7) is 1.54. The van der Waals surface area contributed by atoms with Gasteiger partial charge in [-0.05, 0) is 61.8 Å². The molecule has 1 saturated carbocycles. The summed E-state index contributed by atoms with van der Waals surface area (Å²) in [5.41, 5.74) is 4.22. The molecule has 0 saturated heterocycles. The lowest BCUT2D eigenvalue weighted by Gasteiger charge is -2.46. The lowest BCUT2D eigenvalue weighted by molar-refractivity contribution is -0.144. The van der Waals surface area contributed by atoms with Crippen LogP contribution in [0.3, 0.4) is 0 Å². The third kappa shape index (κ3) is 4.80. The molecule has 10 nitrogen and oxygen atoms in total. The summed E-state index contributed by atoms with van der Waals surface area (Å²) in [7, 11) is 5.86. The Labute approximate surface area is 240 Å². The summed E-state index contributed by atoms with van der Waals surface area (Å²) in [4.78, 5) is 43.1. The van der Waals surface area contributed by atoms with Crippen LogP contribution in [0.15, 0.2) is 28.7 Å². The molecule has 0 aromatic heterocycles. The maximum Gasteiger partial charge on any atom is 0.255 e. The zero-order chi connectivity index (χ0) is 29.8. The molecular weight excluding hydrogens is 526 g/mol. The first kappa shape index (κ1) is 29.1. The second-order valence-corrected chi connectivity index (χ2v) is 12.6. The SMILES string of the molecule is CN(Cc1cc(O)c2c(c1N(C)C)CC1C[C@H]3CC(O)=C(C(N)=O)C(=O)[C@@]3(O)C(O)=C1C2=O)CC1CCCCCC1. The van der Waals surface area contributed by atoms with Crippen molar-refractivity contribution >= 4 is 23.2 Å². The van der Waals surface area contributed by atoms with E-state index in [0.29, 0.717) is 18.0 Å². The number of primary amides is 1. The minimum absolute atomic E-state index is 0.0421. The Kier molecular flexibility index (Phi) is 7.67. The summed E-state index contributed by atoms with van der Waals surface area (Å²) in [5.74, 6) is -5.55. The van der Waals surface area contributed by atoms with Gasteiger partial charge in [-0.1, -0.05) is 25.7 Å². The van der Waals surface area contributed by atoms with Gasteiger partial charge in [-0.2, -0.15) is 0 Å². The third-order valence-corrected chi connectivity index (χ3v) is 9.55. The number of Topliss-reactive ketones (excluding diaryl/α,β-unsaturated/α-hetero) is 2. The number of aliphatic hydroxyl groups is 3. The van der Waals surface area contributed by atoms with Crippen LogP contribution in [0.5, 0.6) is 5.75 Å². The summed E-state index contributed by atoms with van der Waals surface area (Å²) in [6.07, 6.45) is 7.69. The fraction of sp³-hybridized carbons (Fsp3) is 0.581. The van der Waals surface area contributed by atoms with Crippen molar-refractivity contribution in [2.45, 2.75) is 69.9 Å². The Morgan fingerprint density at radius 2 is 1.71 bits per heavy atom. The Morgan fingerprint density at radius 1 is 1.05 bits per heavy atom. The maximum atomic E-state index is 13.9. The Bertz CT molecular complexity index is 1360. The van der Waals surface area contributed by atoms with Gasteiger partial charge in [0.05, 0.1) is 5.56 Å². The molecule has 4 aliphatic carbocycles. The number of fused-ring (bicyclic) bond motifs is 3. The number of nitrogens with zero attached hydrogens (tertiary/aromatic N) is 2. The van der Waals surface area contributed by atoms with Gasteiger partial charge in [-0.25, -0.2) is 0 Å².